The highest BCUT2D eigenvalue weighted by molar-refractivity contribution is 7.89. The van der Waals surface area contributed by atoms with Crippen LogP contribution in [0.1, 0.15) is 24.0 Å². The average molecular weight is 433 g/mol. The molecule has 6 nitrogen and oxygen atoms in total. The number of aryl methyl sites for hydroxylation is 2. The maximum Gasteiger partial charge on any atom is 0.240 e. The summed E-state index contributed by atoms with van der Waals surface area (Å²) in [6, 6.07) is 17.2. The van der Waals surface area contributed by atoms with E-state index in [0.717, 1.165) is 47.2 Å². The van der Waals surface area contributed by atoms with Crippen molar-refractivity contribution in [2.75, 3.05) is 6.54 Å². The molecule has 1 N–H and O–H groups in total. The number of rotatable bonds is 6. The molecule has 0 atom stereocenters. The zero-order valence-electron chi connectivity index (χ0n) is 17.2. The van der Waals surface area contributed by atoms with Crippen LogP contribution in [0.5, 0.6) is 0 Å². The molecule has 0 bridgehead atoms. The summed E-state index contributed by atoms with van der Waals surface area (Å²) in [4.78, 5) is 9.19. The Bertz CT molecular complexity index is 1330. The molecule has 4 aromatic rings. The van der Waals surface area contributed by atoms with Crippen LogP contribution < -0.4 is 4.72 Å². The molecule has 158 valence electrons. The van der Waals surface area contributed by atoms with Crippen molar-refractivity contribution in [1.29, 1.82) is 0 Å². The van der Waals surface area contributed by atoms with Crippen LogP contribution in [0.15, 0.2) is 71.9 Å². The van der Waals surface area contributed by atoms with Crippen molar-refractivity contribution >= 4 is 21.1 Å². The molecule has 2 aromatic heterocycles. The lowest BCUT2D eigenvalue weighted by atomic mass is 9.92. The second-order valence-electron chi connectivity index (χ2n) is 7.85. The van der Waals surface area contributed by atoms with Gasteiger partial charge in [0, 0.05) is 31.0 Å². The van der Waals surface area contributed by atoms with E-state index in [2.05, 4.69) is 14.3 Å². The van der Waals surface area contributed by atoms with Gasteiger partial charge in [-0.05, 0) is 73.2 Å². The fourth-order valence-corrected chi connectivity index (χ4v) is 5.35. The van der Waals surface area contributed by atoms with Crippen LogP contribution in [0.4, 0.5) is 0 Å². The number of sulfonamides is 1. The summed E-state index contributed by atoms with van der Waals surface area (Å²) in [7, 11) is -3.57. The van der Waals surface area contributed by atoms with Crippen molar-refractivity contribution in [1.82, 2.24) is 19.3 Å². The van der Waals surface area contributed by atoms with Gasteiger partial charge in [-0.15, -0.1) is 0 Å². The molecule has 2 aromatic carbocycles. The Morgan fingerprint density at radius 1 is 0.935 bits per heavy atom. The molecule has 0 fully saturated rings. The van der Waals surface area contributed by atoms with E-state index in [9.17, 15) is 8.42 Å². The van der Waals surface area contributed by atoms with Gasteiger partial charge in [0.05, 0.1) is 15.9 Å². The molecule has 0 spiro atoms. The number of aromatic nitrogens is 3. The maximum atomic E-state index is 12.9. The minimum Gasteiger partial charge on any atom is -0.323 e. The maximum absolute atomic E-state index is 12.9. The highest BCUT2D eigenvalue weighted by Crippen LogP contribution is 2.25. The Morgan fingerprint density at radius 2 is 1.71 bits per heavy atom. The van der Waals surface area contributed by atoms with Gasteiger partial charge in [-0.3, -0.25) is 4.98 Å². The lowest BCUT2D eigenvalue weighted by Crippen LogP contribution is -2.28. The van der Waals surface area contributed by atoms with E-state index in [-0.39, 0.29) is 6.54 Å². The Labute approximate surface area is 182 Å². The van der Waals surface area contributed by atoms with Gasteiger partial charge in [-0.2, -0.15) is 0 Å². The van der Waals surface area contributed by atoms with Crippen molar-refractivity contribution in [2.45, 2.75) is 37.1 Å². The lowest BCUT2D eigenvalue weighted by molar-refractivity contribution is 0.574. The molecule has 0 radical (unpaired) electrons. The summed E-state index contributed by atoms with van der Waals surface area (Å²) in [5.74, 6) is 0.802. The van der Waals surface area contributed by atoms with Crippen molar-refractivity contribution < 1.29 is 8.42 Å². The quantitative estimate of drug-likeness (QED) is 0.500. The molecule has 31 heavy (non-hydrogen) atoms. The molecular formula is C24H24N4O2S. The number of para-hydroxylation sites is 2. The van der Waals surface area contributed by atoms with Crippen molar-refractivity contribution in [3.8, 4) is 11.4 Å². The molecule has 5 rings (SSSR count). The fraction of sp³-hybridized carbons (Fsp3) is 0.250. The highest BCUT2D eigenvalue weighted by Gasteiger charge is 2.18. The number of pyridine rings is 1. The topological polar surface area (TPSA) is 76.9 Å². The number of hydrogen-bond donors (Lipinski definition) is 1. The molecule has 0 saturated carbocycles. The second-order valence-corrected chi connectivity index (χ2v) is 9.61. The number of nitrogens with zero attached hydrogens (tertiary/aromatic N) is 3. The van der Waals surface area contributed by atoms with E-state index in [1.807, 2.05) is 48.5 Å². The molecule has 1 aliphatic rings. The van der Waals surface area contributed by atoms with Gasteiger partial charge in [0.2, 0.25) is 10.0 Å². The standard InChI is InChI=1S/C24H24N4O2S/c29-31(30,21-10-9-18-5-1-2-6-20(18)17-21)26-15-16-28-23-8-4-3-7-22(23)27-24(28)19-11-13-25-14-12-19/h3-4,7-14,17,26H,1-2,5-6,15-16H2. The first-order valence-electron chi connectivity index (χ1n) is 10.6. The van der Waals surface area contributed by atoms with E-state index in [1.165, 1.54) is 12.0 Å². The number of benzene rings is 2. The monoisotopic (exact) mass is 432 g/mol. The molecular weight excluding hydrogens is 408 g/mol. The fourth-order valence-electron chi connectivity index (χ4n) is 4.28. The largest absolute Gasteiger partial charge is 0.323 e. The predicted octanol–water partition coefficient (Wildman–Crippen LogP) is 3.96. The third kappa shape index (κ3) is 3.98. The number of fused-ring (bicyclic) bond motifs is 2. The van der Waals surface area contributed by atoms with Gasteiger partial charge >= 0.3 is 0 Å². The van der Waals surface area contributed by atoms with E-state index in [1.54, 1.807) is 18.5 Å². The van der Waals surface area contributed by atoms with Gasteiger partial charge in [0.1, 0.15) is 5.82 Å². The minimum atomic E-state index is -3.57. The minimum absolute atomic E-state index is 0.276. The van der Waals surface area contributed by atoms with Crippen LogP contribution in [-0.4, -0.2) is 29.5 Å². The van der Waals surface area contributed by atoms with Gasteiger partial charge in [0.15, 0.2) is 0 Å². The normalized spacial score (nSPS) is 13.9. The van der Waals surface area contributed by atoms with Crippen LogP contribution >= 0.6 is 0 Å². The smallest absolute Gasteiger partial charge is 0.240 e. The van der Waals surface area contributed by atoms with E-state index in [4.69, 9.17) is 4.98 Å². The average Bonchev–Trinajstić information content (AvgIpc) is 3.18. The van der Waals surface area contributed by atoms with E-state index in [0.29, 0.717) is 11.4 Å². The van der Waals surface area contributed by atoms with Gasteiger partial charge in [0.25, 0.3) is 0 Å². The third-order valence-electron chi connectivity index (χ3n) is 5.85. The predicted molar refractivity (Wildman–Crippen MR) is 121 cm³/mol. The zero-order chi connectivity index (χ0) is 21.3. The van der Waals surface area contributed by atoms with Crippen LogP contribution in [-0.2, 0) is 29.4 Å². The van der Waals surface area contributed by atoms with Crippen LogP contribution in [0.25, 0.3) is 22.4 Å². The first-order chi connectivity index (χ1) is 15.1. The molecule has 1 aliphatic carbocycles. The Balaban J connectivity index is 1.39. The van der Waals surface area contributed by atoms with Gasteiger partial charge in [-0.25, -0.2) is 18.1 Å². The molecule has 0 saturated heterocycles. The van der Waals surface area contributed by atoms with Crippen molar-refractivity contribution in [2.24, 2.45) is 0 Å². The molecule has 2 heterocycles. The Kier molecular flexibility index (Phi) is 5.29. The summed E-state index contributed by atoms with van der Waals surface area (Å²) in [5.41, 5.74) is 5.24. The second kappa shape index (κ2) is 8.24. The van der Waals surface area contributed by atoms with Crippen molar-refractivity contribution in [3.63, 3.8) is 0 Å². The van der Waals surface area contributed by atoms with Gasteiger partial charge < -0.3 is 4.57 Å². The molecule has 0 amide bonds. The number of hydrogen-bond acceptors (Lipinski definition) is 4. The number of nitrogens with one attached hydrogen (secondary N) is 1. The van der Waals surface area contributed by atoms with Crippen LogP contribution in [0, 0.1) is 0 Å². The van der Waals surface area contributed by atoms with Crippen LogP contribution in [0.3, 0.4) is 0 Å². The number of imidazole rings is 1. The SMILES string of the molecule is O=S(=O)(NCCn1c(-c2ccncc2)nc2ccccc21)c1ccc2c(c1)CCCC2. The summed E-state index contributed by atoms with van der Waals surface area (Å²) in [6.45, 7) is 0.750. The summed E-state index contributed by atoms with van der Waals surface area (Å²) < 4.78 is 30.7. The van der Waals surface area contributed by atoms with E-state index < -0.39 is 10.0 Å². The first-order valence-corrected chi connectivity index (χ1v) is 12.1. The highest BCUT2D eigenvalue weighted by atomic mass is 32.2. The molecule has 0 aliphatic heterocycles. The van der Waals surface area contributed by atoms with Crippen LogP contribution in [0.2, 0.25) is 0 Å². The van der Waals surface area contributed by atoms with E-state index >= 15 is 0 Å². The molecule has 0 unspecified atom stereocenters. The van der Waals surface area contributed by atoms with Gasteiger partial charge in [-0.1, -0.05) is 18.2 Å². The summed E-state index contributed by atoms with van der Waals surface area (Å²) in [5, 5.41) is 0. The Morgan fingerprint density at radius 3 is 2.55 bits per heavy atom. The summed E-state index contributed by atoms with van der Waals surface area (Å²) >= 11 is 0. The Hall–Kier alpha value is -3.03. The first kappa shape index (κ1) is 19.9. The zero-order valence-corrected chi connectivity index (χ0v) is 18.0. The third-order valence-corrected chi connectivity index (χ3v) is 7.31. The lowest BCUT2D eigenvalue weighted by Gasteiger charge is -2.17. The summed E-state index contributed by atoms with van der Waals surface area (Å²) in [6.07, 6.45) is 7.75. The molecule has 7 heteroatoms. The van der Waals surface area contributed by atoms with Crippen molar-refractivity contribution in [3.05, 3.63) is 78.1 Å².